The minimum Gasteiger partial charge on any atom is -0.459 e. The van der Waals surface area contributed by atoms with E-state index in [2.05, 4.69) is 16.0 Å². The smallest absolute Gasteiger partial charge is 0.303 e. The average Bonchev–Trinajstić information content (AvgIpc) is 4.16. The number of carbonyl (C=O) groups is 10. The van der Waals surface area contributed by atoms with Crippen molar-refractivity contribution in [2.75, 3.05) is 55.9 Å². The first kappa shape index (κ1) is 74.3. The number of likely N-dealkylation sites (N-methyl/N-ethyl adjacent to an activating group) is 6. The van der Waals surface area contributed by atoms with E-state index >= 15 is 9.59 Å². The van der Waals surface area contributed by atoms with E-state index in [-0.39, 0.29) is 55.6 Å². The van der Waals surface area contributed by atoms with Gasteiger partial charge in [0.1, 0.15) is 60.5 Å². The number of rotatable bonds is 34. The molecule has 1 rings (SSSR count). The molecule has 0 aromatic heterocycles. The summed E-state index contributed by atoms with van der Waals surface area (Å²) in [6, 6.07) is -10.1. The van der Waals surface area contributed by atoms with Crippen LogP contribution in [0.1, 0.15) is 143 Å². The zero-order chi connectivity index (χ0) is 63.5. The summed E-state index contributed by atoms with van der Waals surface area (Å²) in [6.07, 6.45) is 2.80. The summed E-state index contributed by atoms with van der Waals surface area (Å²) in [7, 11) is 10.4. The third-order valence-electron chi connectivity index (χ3n) is 15.1. The maximum atomic E-state index is 15.2. The number of nitrogens with two attached hydrogens (primary N) is 1. The van der Waals surface area contributed by atoms with E-state index in [1.54, 1.807) is 48.6 Å². The standard InChI is InChI=1S/C59H106N10O13/c1-24-26-27-37(13)49(81-40(16)70)48(52(73)63-41(25-2)54(75)64(17)31-45-59(80-23)82-45)69(22)58(79)47(36(11)12)68(21)56(77)44(30-34(7)8)67(20)55(76)43(29-33(5)6)66(19)53(74)39(15)62-50(71)38(14)61-51(72)42(28-32(3)4)65(18)57(78)46(60)35(9)10/h24,26,32-39,41-49,59H,25,27-31,60H2,1-23H3,(H,61,72)(H,62,71)(H,63,73)/b26-24+/t37-,38+,39-,41+,42+,43+,44+,45?,46+,47+,48+,49-,59?/m1/s1. The molecular formula is C59H106N10O13. The van der Waals surface area contributed by atoms with Gasteiger partial charge in [-0.2, -0.15) is 0 Å². The lowest BCUT2D eigenvalue weighted by molar-refractivity contribution is -0.164. The summed E-state index contributed by atoms with van der Waals surface area (Å²) in [5.74, 6) is -7.58. The quantitative estimate of drug-likeness (QED) is 0.0409. The Labute approximate surface area is 490 Å². The molecule has 0 aliphatic carbocycles. The maximum Gasteiger partial charge on any atom is 0.303 e. The first-order chi connectivity index (χ1) is 37.9. The largest absolute Gasteiger partial charge is 0.459 e. The summed E-state index contributed by atoms with van der Waals surface area (Å²) in [5, 5.41) is 8.19. The van der Waals surface area contributed by atoms with E-state index < -0.39 is 138 Å². The van der Waals surface area contributed by atoms with Crippen LogP contribution in [-0.4, -0.2) is 217 Å². The van der Waals surface area contributed by atoms with Crippen molar-refractivity contribution in [2.24, 2.45) is 41.2 Å². The normalized spacial score (nSPS) is 18.3. The molecule has 470 valence electrons. The number of allylic oxidation sites excluding steroid dienone is 2. The van der Waals surface area contributed by atoms with Gasteiger partial charge in [-0.15, -0.1) is 0 Å². The molecule has 23 heteroatoms. The molecule has 0 aromatic carbocycles. The highest BCUT2D eigenvalue weighted by Gasteiger charge is 2.47. The molecule has 23 nitrogen and oxygen atoms in total. The van der Waals surface area contributed by atoms with Crippen LogP contribution in [0, 0.1) is 35.5 Å². The Bertz CT molecular complexity index is 2190. The number of carbonyl (C=O) groups excluding carboxylic acids is 10. The zero-order valence-electron chi connectivity index (χ0n) is 53.9. The number of hydrogen-bond acceptors (Lipinski definition) is 14. The molecule has 0 aromatic rings. The van der Waals surface area contributed by atoms with Gasteiger partial charge in [0.2, 0.25) is 53.2 Å². The van der Waals surface area contributed by atoms with E-state index in [1.807, 2.05) is 60.6 Å². The number of nitrogens with one attached hydrogen (secondary N) is 3. The highest BCUT2D eigenvalue weighted by atomic mass is 16.8. The van der Waals surface area contributed by atoms with Crippen molar-refractivity contribution >= 4 is 59.1 Å². The summed E-state index contributed by atoms with van der Waals surface area (Å²) in [6.45, 7) is 28.1. The molecule has 0 radical (unpaired) electrons. The summed E-state index contributed by atoms with van der Waals surface area (Å²) >= 11 is 0. The van der Waals surface area contributed by atoms with Crippen LogP contribution in [0.15, 0.2) is 12.2 Å². The number of epoxide rings is 1. The Hall–Kier alpha value is -5.68. The fraction of sp³-hybridized carbons (Fsp3) is 0.797. The molecule has 1 saturated heterocycles. The van der Waals surface area contributed by atoms with Crippen LogP contribution in [0.3, 0.4) is 0 Å². The first-order valence-electron chi connectivity index (χ1n) is 29.1. The van der Waals surface area contributed by atoms with Crippen molar-refractivity contribution in [3.05, 3.63) is 12.2 Å². The molecule has 0 spiro atoms. The minimum atomic E-state index is -1.49. The van der Waals surface area contributed by atoms with Gasteiger partial charge in [0.15, 0.2) is 6.29 Å². The number of methoxy groups -OCH3 is 1. The molecule has 9 amide bonds. The van der Waals surface area contributed by atoms with Crippen LogP contribution in [0.25, 0.3) is 0 Å². The predicted octanol–water partition coefficient (Wildman–Crippen LogP) is 3.17. The molecule has 1 heterocycles. The van der Waals surface area contributed by atoms with Crippen LogP contribution < -0.4 is 21.7 Å². The molecule has 0 bridgehead atoms. The monoisotopic (exact) mass is 1160 g/mol. The topological polar surface area (TPSA) is 283 Å². The van der Waals surface area contributed by atoms with E-state index in [0.717, 1.165) is 0 Å². The number of nitrogens with zero attached hydrogens (tertiary/aromatic N) is 6. The van der Waals surface area contributed by atoms with Crippen LogP contribution in [0.5, 0.6) is 0 Å². The van der Waals surface area contributed by atoms with Gasteiger partial charge in [-0.3, -0.25) is 47.9 Å². The molecule has 2 unspecified atom stereocenters. The van der Waals surface area contributed by atoms with Gasteiger partial charge in [-0.25, -0.2) is 0 Å². The molecule has 1 aliphatic rings. The van der Waals surface area contributed by atoms with E-state index in [9.17, 15) is 38.4 Å². The second-order valence-electron chi connectivity index (χ2n) is 24.4. The van der Waals surface area contributed by atoms with Gasteiger partial charge in [-0.05, 0) is 88.4 Å². The number of hydrogen-bond donors (Lipinski definition) is 4. The van der Waals surface area contributed by atoms with Crippen LogP contribution in [0.2, 0.25) is 0 Å². The summed E-state index contributed by atoms with van der Waals surface area (Å²) in [5.41, 5.74) is 6.15. The lowest BCUT2D eigenvalue weighted by Crippen LogP contribution is -2.64. The Morgan fingerprint density at radius 1 is 0.561 bits per heavy atom. The molecule has 13 atom stereocenters. The number of amides is 9. The molecular weight excluding hydrogens is 1060 g/mol. The molecule has 0 saturated carbocycles. The van der Waals surface area contributed by atoms with Crippen LogP contribution in [0.4, 0.5) is 0 Å². The third-order valence-corrected chi connectivity index (χ3v) is 15.1. The summed E-state index contributed by atoms with van der Waals surface area (Å²) in [4.78, 5) is 149. The summed E-state index contributed by atoms with van der Waals surface area (Å²) < 4.78 is 16.6. The highest BCUT2D eigenvalue weighted by molar-refractivity contribution is 5.98. The van der Waals surface area contributed by atoms with Crippen molar-refractivity contribution in [1.29, 1.82) is 0 Å². The molecule has 82 heavy (non-hydrogen) atoms. The Balaban J connectivity index is 3.68. The lowest BCUT2D eigenvalue weighted by Gasteiger charge is -2.42. The molecule has 1 fully saturated rings. The molecule has 1 aliphatic heterocycles. The van der Waals surface area contributed by atoms with E-state index in [1.165, 1.54) is 92.5 Å². The maximum absolute atomic E-state index is 15.2. The second-order valence-corrected chi connectivity index (χ2v) is 24.4. The van der Waals surface area contributed by atoms with Gasteiger partial charge in [0.25, 0.3) is 0 Å². The average molecular weight is 1160 g/mol. The van der Waals surface area contributed by atoms with Gasteiger partial charge >= 0.3 is 5.97 Å². The minimum absolute atomic E-state index is 0.00908. The van der Waals surface area contributed by atoms with E-state index in [4.69, 9.17) is 19.9 Å². The van der Waals surface area contributed by atoms with Gasteiger partial charge < -0.3 is 65.3 Å². The Morgan fingerprint density at radius 3 is 1.46 bits per heavy atom. The number of esters is 1. The van der Waals surface area contributed by atoms with Crippen molar-refractivity contribution in [1.82, 2.24) is 45.3 Å². The zero-order valence-corrected chi connectivity index (χ0v) is 53.9. The van der Waals surface area contributed by atoms with Crippen LogP contribution >= 0.6 is 0 Å². The van der Waals surface area contributed by atoms with Gasteiger partial charge in [0.05, 0.1) is 12.6 Å². The van der Waals surface area contributed by atoms with Crippen LogP contribution in [-0.2, 0) is 62.2 Å². The fourth-order valence-electron chi connectivity index (χ4n) is 9.94. The van der Waals surface area contributed by atoms with Crippen molar-refractivity contribution < 1.29 is 62.2 Å². The first-order valence-corrected chi connectivity index (χ1v) is 29.1. The lowest BCUT2D eigenvalue weighted by atomic mass is 9.91. The van der Waals surface area contributed by atoms with Crippen molar-refractivity contribution in [3.63, 3.8) is 0 Å². The molecule has 5 N–H and O–H groups in total. The van der Waals surface area contributed by atoms with Crippen molar-refractivity contribution in [2.45, 2.75) is 216 Å². The van der Waals surface area contributed by atoms with Gasteiger partial charge in [-0.1, -0.05) is 95.2 Å². The fourth-order valence-corrected chi connectivity index (χ4v) is 9.94. The third kappa shape index (κ3) is 21.5. The SMILES string of the molecule is C/C=C/C[C@@H](C)[C@@H](OC(C)=O)[C@@H](C(=O)N[C@@H](CC)C(=O)N(C)CC1OC1OC)N(C)C(=O)[C@H](C(C)C)N(C)C(=O)[C@H](CC(C)C)N(C)C(=O)[C@H](CC(C)C)N(C)C(=O)[C@@H](C)NC(=O)[C@H](C)NC(=O)[C@H](CC(C)C)N(C)C(=O)[C@@H](N)C(C)C. The predicted molar refractivity (Wildman–Crippen MR) is 314 cm³/mol. The van der Waals surface area contributed by atoms with Gasteiger partial charge in [0, 0.05) is 56.3 Å². The Morgan fingerprint density at radius 2 is 1.02 bits per heavy atom. The van der Waals surface area contributed by atoms with Crippen molar-refractivity contribution in [3.8, 4) is 0 Å². The highest BCUT2D eigenvalue weighted by Crippen LogP contribution is 2.27. The Kier molecular flexibility index (Phi) is 31.0. The second kappa shape index (κ2) is 34.2. The van der Waals surface area contributed by atoms with E-state index in [0.29, 0.717) is 12.8 Å². The number of ether oxygens (including phenoxy) is 3.